The molecule has 92 valence electrons. The molecule has 0 unspecified atom stereocenters. The molecular weight excluding hydrogens is 220 g/mol. The molecule has 17 heavy (non-hydrogen) atoms. The van der Waals surface area contributed by atoms with Crippen LogP contribution in [-0.2, 0) is 5.41 Å². The van der Waals surface area contributed by atoms with Crippen molar-refractivity contribution in [3.63, 3.8) is 0 Å². The molecule has 0 aliphatic heterocycles. The summed E-state index contributed by atoms with van der Waals surface area (Å²) in [7, 11) is 0. The van der Waals surface area contributed by atoms with E-state index in [-0.39, 0.29) is 5.41 Å². The first-order valence-corrected chi connectivity index (χ1v) is 5.99. The van der Waals surface area contributed by atoms with E-state index in [0.717, 1.165) is 32.0 Å². The van der Waals surface area contributed by atoms with Crippen LogP contribution in [-0.4, -0.2) is 13.1 Å². The van der Waals surface area contributed by atoms with Crippen molar-refractivity contribution in [3.8, 4) is 0 Å². The van der Waals surface area contributed by atoms with Crippen LogP contribution in [0.4, 0.5) is 8.78 Å². The zero-order chi connectivity index (χ0) is 12.3. The Morgan fingerprint density at radius 2 is 1.94 bits per heavy atom. The van der Waals surface area contributed by atoms with Crippen molar-refractivity contribution in [3.05, 3.63) is 47.5 Å². The largest absolute Gasteiger partial charge is 0.316 e. The molecule has 0 radical (unpaired) electrons. The van der Waals surface area contributed by atoms with Crippen molar-refractivity contribution < 1.29 is 8.78 Å². The summed E-state index contributed by atoms with van der Waals surface area (Å²) in [4.78, 5) is 0. The second-order valence-electron chi connectivity index (χ2n) is 4.56. The molecule has 2 rings (SSSR count). The minimum Gasteiger partial charge on any atom is -0.316 e. The van der Waals surface area contributed by atoms with E-state index in [1.165, 1.54) is 6.07 Å². The Kier molecular flexibility index (Phi) is 3.57. The van der Waals surface area contributed by atoms with Crippen molar-refractivity contribution in [2.75, 3.05) is 13.1 Å². The van der Waals surface area contributed by atoms with Gasteiger partial charge in [0.2, 0.25) is 0 Å². The SMILES string of the molecule is CCNCC1(c2ccc(F)cc2F)CC=CC1. The topological polar surface area (TPSA) is 12.0 Å². The monoisotopic (exact) mass is 237 g/mol. The third-order valence-corrected chi connectivity index (χ3v) is 3.40. The van der Waals surface area contributed by atoms with E-state index in [1.54, 1.807) is 6.07 Å². The summed E-state index contributed by atoms with van der Waals surface area (Å²) in [5.41, 5.74) is 0.373. The van der Waals surface area contributed by atoms with E-state index in [9.17, 15) is 8.78 Å². The molecule has 0 atom stereocenters. The molecule has 1 aromatic carbocycles. The lowest BCUT2D eigenvalue weighted by Crippen LogP contribution is -2.37. The summed E-state index contributed by atoms with van der Waals surface area (Å²) in [5.74, 6) is -0.956. The van der Waals surface area contributed by atoms with Crippen molar-refractivity contribution >= 4 is 0 Å². The maximum absolute atomic E-state index is 13.9. The van der Waals surface area contributed by atoms with Gasteiger partial charge in [-0.1, -0.05) is 25.1 Å². The highest BCUT2D eigenvalue weighted by Crippen LogP contribution is 2.38. The van der Waals surface area contributed by atoms with Crippen LogP contribution in [0.2, 0.25) is 0 Å². The average Bonchev–Trinajstić information content (AvgIpc) is 2.76. The summed E-state index contributed by atoms with van der Waals surface area (Å²) >= 11 is 0. The summed E-state index contributed by atoms with van der Waals surface area (Å²) < 4.78 is 26.8. The number of benzene rings is 1. The second kappa shape index (κ2) is 4.96. The minimum atomic E-state index is -0.518. The number of halogens is 2. The molecular formula is C14H17F2N. The lowest BCUT2D eigenvalue weighted by atomic mass is 9.78. The molecule has 0 saturated carbocycles. The van der Waals surface area contributed by atoms with Crippen LogP contribution in [0.1, 0.15) is 25.3 Å². The van der Waals surface area contributed by atoms with Crippen LogP contribution in [0.15, 0.2) is 30.4 Å². The fourth-order valence-corrected chi connectivity index (χ4v) is 2.44. The Balaban J connectivity index is 2.32. The van der Waals surface area contributed by atoms with Gasteiger partial charge < -0.3 is 5.32 Å². The van der Waals surface area contributed by atoms with Crippen LogP contribution in [0, 0.1) is 11.6 Å². The summed E-state index contributed by atoms with van der Waals surface area (Å²) in [6, 6.07) is 3.89. The summed E-state index contributed by atoms with van der Waals surface area (Å²) in [6.07, 6.45) is 5.76. The Morgan fingerprint density at radius 1 is 1.24 bits per heavy atom. The van der Waals surface area contributed by atoms with E-state index in [0.29, 0.717) is 5.56 Å². The molecule has 0 bridgehead atoms. The van der Waals surface area contributed by atoms with Gasteiger partial charge >= 0.3 is 0 Å². The molecule has 1 aliphatic rings. The normalized spacial score (nSPS) is 17.6. The molecule has 0 aromatic heterocycles. The first-order chi connectivity index (χ1) is 8.18. The van der Waals surface area contributed by atoms with Crippen LogP contribution in [0.25, 0.3) is 0 Å². The van der Waals surface area contributed by atoms with Gasteiger partial charge in [0.05, 0.1) is 0 Å². The highest BCUT2D eigenvalue weighted by molar-refractivity contribution is 5.32. The van der Waals surface area contributed by atoms with Gasteiger partial charge in [0.15, 0.2) is 0 Å². The summed E-state index contributed by atoms with van der Waals surface area (Å²) in [5, 5.41) is 3.27. The maximum atomic E-state index is 13.9. The van der Waals surface area contributed by atoms with Crippen molar-refractivity contribution in [2.24, 2.45) is 0 Å². The van der Waals surface area contributed by atoms with E-state index >= 15 is 0 Å². The third kappa shape index (κ3) is 2.39. The molecule has 0 amide bonds. The Labute approximate surface area is 101 Å². The first kappa shape index (κ1) is 12.2. The zero-order valence-electron chi connectivity index (χ0n) is 9.97. The highest BCUT2D eigenvalue weighted by atomic mass is 19.1. The standard InChI is InChI=1S/C14H17F2N/c1-2-17-10-14(7-3-4-8-14)12-6-5-11(15)9-13(12)16/h3-6,9,17H,2,7-8,10H2,1H3. The van der Waals surface area contributed by atoms with Gasteiger partial charge in [-0.15, -0.1) is 0 Å². The van der Waals surface area contributed by atoms with Crippen LogP contribution < -0.4 is 5.32 Å². The smallest absolute Gasteiger partial charge is 0.129 e. The number of hydrogen-bond donors (Lipinski definition) is 1. The highest BCUT2D eigenvalue weighted by Gasteiger charge is 2.34. The van der Waals surface area contributed by atoms with Crippen LogP contribution >= 0.6 is 0 Å². The number of likely N-dealkylation sites (N-methyl/N-ethyl adjacent to an activating group) is 1. The molecule has 0 heterocycles. The van der Waals surface area contributed by atoms with E-state index in [2.05, 4.69) is 17.5 Å². The van der Waals surface area contributed by atoms with Crippen molar-refractivity contribution in [1.29, 1.82) is 0 Å². The average molecular weight is 237 g/mol. The van der Waals surface area contributed by atoms with Crippen LogP contribution in [0.3, 0.4) is 0 Å². The summed E-state index contributed by atoms with van der Waals surface area (Å²) in [6.45, 7) is 3.60. The fraction of sp³-hybridized carbons (Fsp3) is 0.429. The lowest BCUT2D eigenvalue weighted by molar-refractivity contribution is 0.402. The van der Waals surface area contributed by atoms with Crippen molar-refractivity contribution in [2.45, 2.75) is 25.2 Å². The Bertz CT molecular complexity index is 418. The van der Waals surface area contributed by atoms with Gasteiger partial charge in [-0.25, -0.2) is 8.78 Å². The van der Waals surface area contributed by atoms with Gasteiger partial charge in [0, 0.05) is 18.0 Å². The van der Waals surface area contributed by atoms with E-state index < -0.39 is 11.6 Å². The molecule has 1 aliphatic carbocycles. The van der Waals surface area contributed by atoms with Crippen molar-refractivity contribution in [1.82, 2.24) is 5.32 Å². The van der Waals surface area contributed by atoms with E-state index in [4.69, 9.17) is 0 Å². The van der Waals surface area contributed by atoms with Gasteiger partial charge in [-0.2, -0.15) is 0 Å². The fourth-order valence-electron chi connectivity index (χ4n) is 2.44. The van der Waals surface area contributed by atoms with Gasteiger partial charge in [-0.3, -0.25) is 0 Å². The molecule has 3 heteroatoms. The van der Waals surface area contributed by atoms with Gasteiger partial charge in [0.1, 0.15) is 11.6 Å². The molecule has 1 nitrogen and oxygen atoms in total. The van der Waals surface area contributed by atoms with E-state index in [1.807, 2.05) is 6.92 Å². The predicted molar refractivity (Wildman–Crippen MR) is 65.0 cm³/mol. The predicted octanol–water partition coefficient (Wildman–Crippen LogP) is 3.16. The van der Waals surface area contributed by atoms with Gasteiger partial charge in [0.25, 0.3) is 0 Å². The first-order valence-electron chi connectivity index (χ1n) is 5.99. The number of nitrogens with one attached hydrogen (secondary N) is 1. The lowest BCUT2D eigenvalue weighted by Gasteiger charge is -2.30. The Hall–Kier alpha value is -1.22. The number of allylic oxidation sites excluding steroid dienone is 2. The Morgan fingerprint density at radius 3 is 2.53 bits per heavy atom. The van der Waals surface area contributed by atoms with Gasteiger partial charge in [-0.05, 0) is 31.0 Å². The minimum absolute atomic E-state index is 0.242. The quantitative estimate of drug-likeness (QED) is 0.793. The molecule has 0 fully saturated rings. The molecule has 1 N–H and O–H groups in total. The zero-order valence-corrected chi connectivity index (χ0v) is 9.97. The molecule has 0 saturated heterocycles. The molecule has 1 aromatic rings. The number of rotatable bonds is 4. The second-order valence-corrected chi connectivity index (χ2v) is 4.56. The van der Waals surface area contributed by atoms with Crippen LogP contribution in [0.5, 0.6) is 0 Å². The molecule has 0 spiro atoms. The maximum Gasteiger partial charge on any atom is 0.129 e. The number of hydrogen-bond acceptors (Lipinski definition) is 1. The third-order valence-electron chi connectivity index (χ3n) is 3.40.